The molecule has 1 N–H and O–H groups in total. The number of aryl methyl sites for hydroxylation is 2. The molecule has 0 saturated heterocycles. The minimum Gasteiger partial charge on any atom is -0.489 e. The second-order valence-corrected chi connectivity index (χ2v) is 7.63. The van der Waals surface area contributed by atoms with Gasteiger partial charge in [0, 0.05) is 18.7 Å². The third-order valence-corrected chi connectivity index (χ3v) is 5.26. The first kappa shape index (κ1) is 19.2. The molecule has 0 aliphatic carbocycles. The van der Waals surface area contributed by atoms with E-state index < -0.39 is 0 Å². The second-order valence-electron chi connectivity index (χ2n) is 7.63. The molecule has 4 aromatic carbocycles. The molecule has 0 spiro atoms. The van der Waals surface area contributed by atoms with Crippen LogP contribution < -0.4 is 10.1 Å². The topological polar surface area (TPSA) is 21.3 Å². The molecule has 29 heavy (non-hydrogen) atoms. The quantitative estimate of drug-likeness (QED) is 0.404. The molecule has 0 radical (unpaired) electrons. The zero-order valence-corrected chi connectivity index (χ0v) is 17.1. The van der Waals surface area contributed by atoms with Gasteiger partial charge in [-0.25, -0.2) is 0 Å². The van der Waals surface area contributed by atoms with Gasteiger partial charge in [-0.05, 0) is 41.8 Å². The van der Waals surface area contributed by atoms with E-state index in [1.165, 1.54) is 38.6 Å². The highest BCUT2D eigenvalue weighted by Gasteiger charge is 2.09. The van der Waals surface area contributed by atoms with Gasteiger partial charge in [0.15, 0.2) is 0 Å². The Kier molecular flexibility index (Phi) is 5.92. The summed E-state index contributed by atoms with van der Waals surface area (Å²) in [6, 6.07) is 29.9. The first-order valence-electron chi connectivity index (χ1n) is 10.1. The molecule has 0 aliphatic rings. The fourth-order valence-electron chi connectivity index (χ4n) is 3.52. The van der Waals surface area contributed by atoms with Crippen LogP contribution in [-0.4, -0.2) is 0 Å². The molecular weight excluding hydrogens is 354 g/mol. The minimum absolute atomic E-state index is 0.573. The molecule has 0 aliphatic heterocycles. The van der Waals surface area contributed by atoms with Crippen molar-refractivity contribution < 1.29 is 4.74 Å². The van der Waals surface area contributed by atoms with Crippen molar-refractivity contribution in [3.05, 3.63) is 113 Å². The molecule has 0 amide bonds. The summed E-state index contributed by atoms with van der Waals surface area (Å²) in [5, 5.41) is 6.07. The molecule has 0 fully saturated rings. The SMILES string of the molecule is Cc1ccc(CNCc2c(OCc3ccc(C)cc3)ccc3ccccc23)cc1. The van der Waals surface area contributed by atoms with Gasteiger partial charge in [-0.15, -0.1) is 0 Å². The predicted octanol–water partition coefficient (Wildman–Crippen LogP) is 6.33. The van der Waals surface area contributed by atoms with Gasteiger partial charge in [0.25, 0.3) is 0 Å². The largest absolute Gasteiger partial charge is 0.489 e. The fraction of sp³-hybridized carbons (Fsp3) is 0.185. The Balaban J connectivity index is 1.53. The van der Waals surface area contributed by atoms with Crippen LogP contribution in [0.1, 0.15) is 27.8 Å². The molecule has 0 atom stereocenters. The Morgan fingerprint density at radius 3 is 2.03 bits per heavy atom. The molecule has 2 heteroatoms. The van der Waals surface area contributed by atoms with Gasteiger partial charge in [-0.1, -0.05) is 90.0 Å². The van der Waals surface area contributed by atoms with E-state index in [0.717, 1.165) is 18.8 Å². The molecule has 0 aromatic heterocycles. The second kappa shape index (κ2) is 8.93. The van der Waals surface area contributed by atoms with Crippen molar-refractivity contribution in [3.63, 3.8) is 0 Å². The Morgan fingerprint density at radius 2 is 1.31 bits per heavy atom. The summed E-state index contributed by atoms with van der Waals surface area (Å²) >= 11 is 0. The van der Waals surface area contributed by atoms with Gasteiger partial charge in [-0.3, -0.25) is 0 Å². The summed E-state index contributed by atoms with van der Waals surface area (Å²) in [5.74, 6) is 0.945. The standard InChI is InChI=1S/C27H27NO/c1-20-7-11-22(12-8-20)17-28-18-26-25-6-4-3-5-24(25)15-16-27(26)29-19-23-13-9-21(2)10-14-23/h3-16,28H,17-19H2,1-2H3. The van der Waals surface area contributed by atoms with E-state index in [4.69, 9.17) is 4.74 Å². The van der Waals surface area contributed by atoms with Crippen LogP contribution in [0.2, 0.25) is 0 Å². The van der Waals surface area contributed by atoms with Crippen molar-refractivity contribution in [1.29, 1.82) is 0 Å². The van der Waals surface area contributed by atoms with Crippen molar-refractivity contribution >= 4 is 10.8 Å². The lowest BCUT2D eigenvalue weighted by Gasteiger charge is -2.15. The van der Waals surface area contributed by atoms with Gasteiger partial charge in [0.1, 0.15) is 12.4 Å². The molecule has 0 bridgehead atoms. The summed E-state index contributed by atoms with van der Waals surface area (Å²) in [6.45, 7) is 6.39. The number of rotatable bonds is 7. The molecule has 4 aromatic rings. The highest BCUT2D eigenvalue weighted by Crippen LogP contribution is 2.29. The van der Waals surface area contributed by atoms with Crippen molar-refractivity contribution in [2.24, 2.45) is 0 Å². The Labute approximate surface area is 173 Å². The first-order valence-corrected chi connectivity index (χ1v) is 10.1. The molecule has 0 unspecified atom stereocenters. The van der Waals surface area contributed by atoms with Gasteiger partial charge in [-0.2, -0.15) is 0 Å². The van der Waals surface area contributed by atoms with E-state index in [1.807, 2.05) is 0 Å². The average molecular weight is 382 g/mol. The monoisotopic (exact) mass is 381 g/mol. The van der Waals surface area contributed by atoms with Crippen molar-refractivity contribution in [2.75, 3.05) is 0 Å². The first-order chi connectivity index (χ1) is 14.2. The van der Waals surface area contributed by atoms with Gasteiger partial charge in [0.05, 0.1) is 0 Å². The third-order valence-electron chi connectivity index (χ3n) is 5.26. The number of ether oxygens (including phenoxy) is 1. The van der Waals surface area contributed by atoms with Crippen LogP contribution in [-0.2, 0) is 19.7 Å². The van der Waals surface area contributed by atoms with Crippen LogP contribution in [0.4, 0.5) is 0 Å². The van der Waals surface area contributed by atoms with E-state index in [2.05, 4.69) is 104 Å². The van der Waals surface area contributed by atoms with E-state index in [1.54, 1.807) is 0 Å². The van der Waals surface area contributed by atoms with Crippen LogP contribution in [0.15, 0.2) is 84.9 Å². The summed E-state index contributed by atoms with van der Waals surface area (Å²) in [5.41, 5.74) is 6.23. The highest BCUT2D eigenvalue weighted by molar-refractivity contribution is 5.87. The zero-order chi connectivity index (χ0) is 20.1. The normalized spacial score (nSPS) is 11.0. The lowest BCUT2D eigenvalue weighted by Crippen LogP contribution is -2.14. The van der Waals surface area contributed by atoms with E-state index in [9.17, 15) is 0 Å². The van der Waals surface area contributed by atoms with E-state index >= 15 is 0 Å². The summed E-state index contributed by atoms with van der Waals surface area (Å²) in [6.07, 6.45) is 0. The number of fused-ring (bicyclic) bond motifs is 1. The van der Waals surface area contributed by atoms with Crippen LogP contribution in [0.3, 0.4) is 0 Å². The Morgan fingerprint density at radius 1 is 0.655 bits per heavy atom. The minimum atomic E-state index is 0.573. The van der Waals surface area contributed by atoms with Crippen LogP contribution in [0.5, 0.6) is 5.75 Å². The maximum atomic E-state index is 6.25. The molecule has 146 valence electrons. The highest BCUT2D eigenvalue weighted by atomic mass is 16.5. The maximum Gasteiger partial charge on any atom is 0.124 e. The van der Waals surface area contributed by atoms with E-state index in [-0.39, 0.29) is 0 Å². The molecule has 4 rings (SSSR count). The fourth-order valence-corrected chi connectivity index (χ4v) is 3.52. The van der Waals surface area contributed by atoms with E-state index in [0.29, 0.717) is 6.61 Å². The molecule has 0 heterocycles. The number of nitrogens with one attached hydrogen (secondary N) is 1. The van der Waals surface area contributed by atoms with Crippen LogP contribution in [0.25, 0.3) is 10.8 Å². The maximum absolute atomic E-state index is 6.25. The van der Waals surface area contributed by atoms with Crippen molar-refractivity contribution in [1.82, 2.24) is 5.32 Å². The number of hydrogen-bond acceptors (Lipinski definition) is 2. The summed E-state index contributed by atoms with van der Waals surface area (Å²) in [4.78, 5) is 0. The summed E-state index contributed by atoms with van der Waals surface area (Å²) in [7, 11) is 0. The molecule has 0 saturated carbocycles. The number of benzene rings is 4. The Hall–Kier alpha value is -3.10. The van der Waals surface area contributed by atoms with Gasteiger partial charge in [0.2, 0.25) is 0 Å². The van der Waals surface area contributed by atoms with Crippen molar-refractivity contribution in [2.45, 2.75) is 33.5 Å². The van der Waals surface area contributed by atoms with Crippen LogP contribution >= 0.6 is 0 Å². The lowest BCUT2D eigenvalue weighted by molar-refractivity contribution is 0.302. The van der Waals surface area contributed by atoms with Crippen molar-refractivity contribution in [3.8, 4) is 5.75 Å². The van der Waals surface area contributed by atoms with Gasteiger partial charge >= 0.3 is 0 Å². The number of hydrogen-bond donors (Lipinski definition) is 1. The lowest BCUT2D eigenvalue weighted by atomic mass is 10.0. The van der Waals surface area contributed by atoms with Crippen LogP contribution in [0, 0.1) is 13.8 Å². The van der Waals surface area contributed by atoms with Gasteiger partial charge < -0.3 is 10.1 Å². The predicted molar refractivity (Wildman–Crippen MR) is 121 cm³/mol. The molecular formula is C27H27NO. The zero-order valence-electron chi connectivity index (χ0n) is 17.1. The average Bonchev–Trinajstić information content (AvgIpc) is 2.75. The summed E-state index contributed by atoms with van der Waals surface area (Å²) < 4.78 is 6.25. The smallest absolute Gasteiger partial charge is 0.124 e. The third kappa shape index (κ3) is 4.85. The Bertz CT molecular complexity index is 1080. The molecule has 2 nitrogen and oxygen atoms in total.